The zero-order chi connectivity index (χ0) is 15.4. The van der Waals surface area contributed by atoms with E-state index in [4.69, 9.17) is 11.6 Å². The number of benzene rings is 1. The molecule has 1 unspecified atom stereocenters. The molecule has 0 saturated heterocycles. The van der Waals surface area contributed by atoms with Gasteiger partial charge < -0.3 is 10.0 Å². The van der Waals surface area contributed by atoms with E-state index in [-0.39, 0.29) is 34.8 Å². The fourth-order valence-electron chi connectivity index (χ4n) is 1.76. The lowest BCUT2D eigenvalue weighted by molar-refractivity contribution is -0.384. The lowest BCUT2D eigenvalue weighted by Crippen LogP contribution is -2.41. The van der Waals surface area contributed by atoms with Gasteiger partial charge in [0, 0.05) is 24.7 Å². The minimum Gasteiger partial charge on any atom is -0.392 e. The van der Waals surface area contributed by atoms with Gasteiger partial charge in [-0.15, -0.1) is 0 Å². The molecule has 20 heavy (non-hydrogen) atoms. The monoisotopic (exact) mass is 300 g/mol. The van der Waals surface area contributed by atoms with Gasteiger partial charge in [0.15, 0.2) is 0 Å². The zero-order valence-corrected chi connectivity index (χ0v) is 12.3. The molecule has 110 valence electrons. The van der Waals surface area contributed by atoms with Gasteiger partial charge in [0.2, 0.25) is 0 Å². The van der Waals surface area contributed by atoms with Crippen molar-refractivity contribution in [1.82, 2.24) is 4.90 Å². The molecule has 1 aromatic rings. The quantitative estimate of drug-likeness (QED) is 0.669. The minimum absolute atomic E-state index is 0.0282. The third-order valence-corrected chi connectivity index (χ3v) is 3.05. The Balaban J connectivity index is 3.09. The van der Waals surface area contributed by atoms with Crippen LogP contribution in [0.1, 0.15) is 31.1 Å². The summed E-state index contributed by atoms with van der Waals surface area (Å²) >= 11 is 5.94. The Bertz CT molecular complexity index is 517. The Morgan fingerprint density at radius 1 is 1.45 bits per heavy atom. The van der Waals surface area contributed by atoms with E-state index in [1.165, 1.54) is 17.0 Å². The highest BCUT2D eigenvalue weighted by Crippen LogP contribution is 2.24. The molecule has 1 rings (SSSR count). The van der Waals surface area contributed by atoms with Crippen LogP contribution in [0.3, 0.4) is 0 Å². The van der Waals surface area contributed by atoms with Crippen LogP contribution in [0.15, 0.2) is 18.2 Å². The molecule has 0 aliphatic heterocycles. The maximum absolute atomic E-state index is 12.4. The predicted octanol–water partition coefficient (Wildman–Crippen LogP) is 2.48. The Hall–Kier alpha value is -1.66. The van der Waals surface area contributed by atoms with Crippen molar-refractivity contribution in [2.75, 3.05) is 6.54 Å². The summed E-state index contributed by atoms with van der Waals surface area (Å²) in [7, 11) is 0. The molecule has 0 aromatic heterocycles. The molecule has 1 atom stereocenters. The van der Waals surface area contributed by atoms with Crippen LogP contribution in [-0.2, 0) is 0 Å². The maximum Gasteiger partial charge on any atom is 0.270 e. The van der Waals surface area contributed by atoms with E-state index in [2.05, 4.69) is 0 Å². The molecular formula is C13H17ClN2O4. The summed E-state index contributed by atoms with van der Waals surface area (Å²) < 4.78 is 0. The number of aliphatic hydroxyl groups is 1. The number of hydrogen-bond donors (Lipinski definition) is 1. The highest BCUT2D eigenvalue weighted by molar-refractivity contribution is 6.34. The molecule has 0 aliphatic carbocycles. The first-order chi connectivity index (χ1) is 9.23. The van der Waals surface area contributed by atoms with Crippen molar-refractivity contribution in [2.45, 2.75) is 32.9 Å². The van der Waals surface area contributed by atoms with Crippen LogP contribution in [0.25, 0.3) is 0 Å². The topological polar surface area (TPSA) is 83.7 Å². The summed E-state index contributed by atoms with van der Waals surface area (Å²) in [5.41, 5.74) is 0.0183. The van der Waals surface area contributed by atoms with Gasteiger partial charge in [0.05, 0.1) is 21.6 Å². The standard InChI is InChI=1S/C13H17ClN2O4/c1-8(2)15(7-9(3)17)13(18)11-5-4-10(16(19)20)6-12(11)14/h4-6,8-9,17H,7H2,1-3H3. The van der Waals surface area contributed by atoms with E-state index < -0.39 is 11.0 Å². The molecule has 1 aromatic carbocycles. The average molecular weight is 301 g/mol. The summed E-state index contributed by atoms with van der Waals surface area (Å²) in [4.78, 5) is 23.9. The van der Waals surface area contributed by atoms with Crippen LogP contribution in [-0.4, -0.2) is 39.5 Å². The average Bonchev–Trinajstić information content (AvgIpc) is 2.34. The van der Waals surface area contributed by atoms with Crippen LogP contribution in [0, 0.1) is 10.1 Å². The van der Waals surface area contributed by atoms with E-state index in [0.29, 0.717) is 0 Å². The molecule has 6 nitrogen and oxygen atoms in total. The van der Waals surface area contributed by atoms with Crippen LogP contribution in [0.5, 0.6) is 0 Å². The van der Waals surface area contributed by atoms with Gasteiger partial charge in [-0.2, -0.15) is 0 Å². The SMILES string of the molecule is CC(O)CN(C(=O)c1ccc([N+](=O)[O-])cc1Cl)C(C)C. The molecule has 0 saturated carbocycles. The minimum atomic E-state index is -0.668. The number of nitro benzene ring substituents is 1. The normalized spacial score (nSPS) is 12.3. The molecular weight excluding hydrogens is 284 g/mol. The van der Waals surface area contributed by atoms with Crippen LogP contribution < -0.4 is 0 Å². The van der Waals surface area contributed by atoms with E-state index >= 15 is 0 Å². The zero-order valence-electron chi connectivity index (χ0n) is 11.5. The first-order valence-electron chi connectivity index (χ1n) is 6.17. The number of rotatable bonds is 5. The van der Waals surface area contributed by atoms with E-state index in [1.54, 1.807) is 6.92 Å². The molecule has 1 N–H and O–H groups in total. The number of carbonyl (C=O) groups excluding carboxylic acids is 1. The van der Waals surface area contributed by atoms with Crippen molar-refractivity contribution < 1.29 is 14.8 Å². The van der Waals surface area contributed by atoms with Gasteiger partial charge in [-0.1, -0.05) is 11.6 Å². The number of hydrogen-bond acceptors (Lipinski definition) is 4. The summed E-state index contributed by atoms with van der Waals surface area (Å²) in [5.74, 6) is -0.360. The lowest BCUT2D eigenvalue weighted by atomic mass is 10.1. The van der Waals surface area contributed by atoms with Crippen LogP contribution in [0.2, 0.25) is 5.02 Å². The van der Waals surface area contributed by atoms with Crippen LogP contribution in [0.4, 0.5) is 5.69 Å². The van der Waals surface area contributed by atoms with Crippen molar-refractivity contribution in [1.29, 1.82) is 0 Å². The van der Waals surface area contributed by atoms with Crippen molar-refractivity contribution in [3.63, 3.8) is 0 Å². The second kappa shape index (κ2) is 6.67. The second-order valence-electron chi connectivity index (χ2n) is 4.82. The Morgan fingerprint density at radius 2 is 2.05 bits per heavy atom. The fraction of sp³-hybridized carbons (Fsp3) is 0.462. The second-order valence-corrected chi connectivity index (χ2v) is 5.23. The number of aliphatic hydroxyl groups excluding tert-OH is 1. The van der Waals surface area contributed by atoms with Crippen molar-refractivity contribution in [3.05, 3.63) is 38.9 Å². The van der Waals surface area contributed by atoms with E-state index in [0.717, 1.165) is 6.07 Å². The van der Waals surface area contributed by atoms with Gasteiger partial charge in [-0.05, 0) is 26.8 Å². The van der Waals surface area contributed by atoms with Gasteiger partial charge in [0.1, 0.15) is 0 Å². The van der Waals surface area contributed by atoms with Gasteiger partial charge in [0.25, 0.3) is 11.6 Å². The number of amides is 1. The molecule has 0 radical (unpaired) electrons. The first-order valence-corrected chi connectivity index (χ1v) is 6.54. The number of halogens is 1. The number of nitro groups is 1. The van der Waals surface area contributed by atoms with Crippen molar-refractivity contribution in [2.24, 2.45) is 0 Å². The third kappa shape index (κ3) is 3.91. The number of non-ortho nitro benzene ring substituents is 1. The highest BCUT2D eigenvalue weighted by atomic mass is 35.5. The summed E-state index contributed by atoms with van der Waals surface area (Å²) in [6.45, 7) is 5.39. The van der Waals surface area contributed by atoms with Crippen molar-refractivity contribution >= 4 is 23.2 Å². The summed E-state index contributed by atoms with van der Waals surface area (Å²) in [6.07, 6.45) is -0.668. The van der Waals surface area contributed by atoms with E-state index in [1.807, 2.05) is 13.8 Å². The third-order valence-electron chi connectivity index (χ3n) is 2.74. The fourth-order valence-corrected chi connectivity index (χ4v) is 2.01. The summed E-state index contributed by atoms with van der Waals surface area (Å²) in [5, 5.41) is 20.1. The Morgan fingerprint density at radius 3 is 2.45 bits per heavy atom. The molecule has 7 heteroatoms. The van der Waals surface area contributed by atoms with Crippen molar-refractivity contribution in [3.8, 4) is 0 Å². The molecule has 0 bridgehead atoms. The molecule has 1 amide bonds. The summed E-state index contributed by atoms with van der Waals surface area (Å²) in [6, 6.07) is 3.60. The molecule has 0 heterocycles. The molecule has 0 fully saturated rings. The number of nitrogens with zero attached hydrogens (tertiary/aromatic N) is 2. The largest absolute Gasteiger partial charge is 0.392 e. The van der Waals surface area contributed by atoms with Crippen LogP contribution >= 0.6 is 11.6 Å². The van der Waals surface area contributed by atoms with Gasteiger partial charge in [-0.3, -0.25) is 14.9 Å². The smallest absolute Gasteiger partial charge is 0.270 e. The van der Waals surface area contributed by atoms with E-state index in [9.17, 15) is 20.0 Å². The maximum atomic E-state index is 12.4. The van der Waals surface area contributed by atoms with Gasteiger partial charge in [-0.25, -0.2) is 0 Å². The highest BCUT2D eigenvalue weighted by Gasteiger charge is 2.23. The number of carbonyl (C=O) groups is 1. The Kier molecular flexibility index (Phi) is 5.47. The Labute approximate surface area is 122 Å². The first kappa shape index (κ1) is 16.4. The predicted molar refractivity (Wildman–Crippen MR) is 76.0 cm³/mol. The lowest BCUT2D eigenvalue weighted by Gasteiger charge is -2.28. The molecule has 0 aliphatic rings. The van der Waals surface area contributed by atoms with Gasteiger partial charge >= 0.3 is 0 Å². The molecule has 0 spiro atoms.